The van der Waals surface area contributed by atoms with Crippen molar-refractivity contribution in [2.45, 2.75) is 57.3 Å². The molecule has 0 amide bonds. The third-order valence-electron chi connectivity index (χ3n) is 1.36. The molecule has 0 aliphatic carbocycles. The van der Waals surface area contributed by atoms with Gasteiger partial charge in [0.2, 0.25) is 0 Å². The summed E-state index contributed by atoms with van der Waals surface area (Å²) in [5, 5.41) is 4.25. The Morgan fingerprint density at radius 3 is 1.70 bits per heavy atom. The van der Waals surface area contributed by atoms with Crippen LogP contribution in [0.1, 0.15) is 49.5 Å². The molecule has 2 aromatic heterocycles. The third-order valence-corrected chi connectivity index (χ3v) is 3.01. The zero-order valence-corrected chi connectivity index (χ0v) is 28.6. The second-order valence-corrected chi connectivity index (χ2v) is 15.4. The van der Waals surface area contributed by atoms with Crippen molar-refractivity contribution in [3.05, 3.63) is 32.7 Å². The summed E-state index contributed by atoms with van der Waals surface area (Å²) in [4.78, 5) is 18.8. The Morgan fingerprint density at radius 1 is 1.27 bits per heavy atom. The molecular formula is C19H35ClI3N3OS3. The summed E-state index contributed by atoms with van der Waals surface area (Å²) in [7, 11) is 0. The lowest BCUT2D eigenvalue weighted by Gasteiger charge is -1.73. The van der Waals surface area contributed by atoms with Gasteiger partial charge in [-0.2, -0.15) is 0 Å². The molecule has 30 heavy (non-hydrogen) atoms. The van der Waals surface area contributed by atoms with E-state index in [1.165, 1.54) is 9.30 Å². The summed E-state index contributed by atoms with van der Waals surface area (Å²) in [5.74, 6) is 0.111. The molecule has 0 aliphatic rings. The van der Waals surface area contributed by atoms with E-state index in [1.54, 1.807) is 35.8 Å². The van der Waals surface area contributed by atoms with E-state index < -0.39 is 0 Å². The van der Waals surface area contributed by atoms with Gasteiger partial charge in [-0.1, -0.05) is 101 Å². The molecule has 0 spiro atoms. The van der Waals surface area contributed by atoms with Gasteiger partial charge in [-0.3, -0.25) is 4.98 Å². The molecule has 0 saturated heterocycles. The first-order chi connectivity index (χ1) is 14.0. The van der Waals surface area contributed by atoms with Crippen molar-refractivity contribution >= 4 is 126 Å². The fourth-order valence-corrected chi connectivity index (χ4v) is 1.88. The number of nitrogens with zero attached hydrogens (tertiary/aromatic N) is 2. The van der Waals surface area contributed by atoms with Crippen LogP contribution in [0.2, 0.25) is 0 Å². The Hall–Kier alpha value is 1.30. The van der Waals surface area contributed by atoms with E-state index in [0.29, 0.717) is 11.3 Å². The van der Waals surface area contributed by atoms with Crippen LogP contribution in [-0.4, -0.2) is 33.5 Å². The molecule has 0 bridgehead atoms. The third kappa shape index (κ3) is 70.1. The Labute approximate surface area is 243 Å². The zero-order chi connectivity index (χ0) is 25.0. The first kappa shape index (κ1) is 41.5. The van der Waals surface area contributed by atoms with Crippen LogP contribution in [0.25, 0.3) is 0 Å². The van der Waals surface area contributed by atoms with E-state index >= 15 is 0 Å². The fraction of sp³-hybridized carbons (Fsp3) is 0.579. The van der Waals surface area contributed by atoms with E-state index in [4.69, 9.17) is 22.1 Å². The standard InChI is InChI=1S/C5H7NS.C4H5NS.C2H3ClO.C2H4I2.C2H5I.C2H5NS.C2H6/c1-4-3-6-5(2)7-4;1-4-5-2-3-6-4;3-1-2-4;1-2(3)4;1-2-3;1-2(3)4;1-2/h3H,1-2H3;2-3H,1H3;2H,1H2;2H,1H3;2H2,1H3;1H3,(H2,3,4);1-2H3. The van der Waals surface area contributed by atoms with E-state index in [9.17, 15) is 0 Å². The average molecular weight is 834 g/mol. The number of hydrogen-bond acceptors (Lipinski definition) is 6. The van der Waals surface area contributed by atoms with Gasteiger partial charge in [-0.25, -0.2) is 4.98 Å². The molecule has 0 saturated carbocycles. The van der Waals surface area contributed by atoms with Gasteiger partial charge in [-0.05, 0) is 39.0 Å². The van der Waals surface area contributed by atoms with Gasteiger partial charge >= 0.3 is 0 Å². The molecule has 2 heterocycles. The fourth-order valence-electron chi connectivity index (χ4n) is 0.762. The molecule has 0 aliphatic heterocycles. The van der Waals surface area contributed by atoms with Gasteiger partial charge < -0.3 is 10.5 Å². The molecule has 0 aromatic carbocycles. The topological polar surface area (TPSA) is 68.9 Å². The number of thiazole rings is 2. The van der Waals surface area contributed by atoms with E-state index in [-0.39, 0.29) is 5.88 Å². The average Bonchev–Trinajstić information content (AvgIpc) is 3.28. The zero-order valence-electron chi connectivity index (χ0n) is 18.9. The predicted octanol–water partition coefficient (Wildman–Crippen LogP) is 8.60. The van der Waals surface area contributed by atoms with E-state index in [0.717, 1.165) is 11.9 Å². The molecule has 0 fully saturated rings. The molecule has 4 nitrogen and oxygen atoms in total. The van der Waals surface area contributed by atoms with Crippen molar-refractivity contribution in [3.63, 3.8) is 0 Å². The maximum absolute atomic E-state index is 9.04. The van der Waals surface area contributed by atoms with Crippen molar-refractivity contribution in [1.82, 2.24) is 9.97 Å². The largest absolute Gasteiger partial charge is 0.394 e. The molecule has 11 heteroatoms. The smallest absolute Gasteiger partial charge is 0.134 e. The highest BCUT2D eigenvalue weighted by atomic mass is 127. The summed E-state index contributed by atoms with van der Waals surface area (Å²) in [6.07, 6.45) is 4.33. The van der Waals surface area contributed by atoms with Crippen LogP contribution in [-0.2, 0) is 4.79 Å². The lowest BCUT2D eigenvalue weighted by Crippen LogP contribution is -1.98. The van der Waals surface area contributed by atoms with Gasteiger partial charge in [-0.15, -0.1) is 34.3 Å². The Morgan fingerprint density at radius 2 is 1.63 bits per heavy atom. The predicted molar refractivity (Wildman–Crippen MR) is 171 cm³/mol. The van der Waals surface area contributed by atoms with Crippen molar-refractivity contribution in [3.8, 4) is 0 Å². The molecule has 2 aromatic rings. The van der Waals surface area contributed by atoms with Crippen molar-refractivity contribution < 1.29 is 4.79 Å². The maximum atomic E-state index is 9.04. The van der Waals surface area contributed by atoms with Crippen LogP contribution < -0.4 is 5.73 Å². The van der Waals surface area contributed by atoms with E-state index in [1.807, 2.05) is 39.3 Å². The number of carbonyl (C=O) groups excluding carboxylic acids is 1. The number of nitrogens with two attached hydrogens (primary N) is 1. The van der Waals surface area contributed by atoms with Crippen LogP contribution >= 0.6 is 114 Å². The lowest BCUT2D eigenvalue weighted by atomic mass is 10.6. The summed E-state index contributed by atoms with van der Waals surface area (Å²) in [6, 6.07) is 0. The van der Waals surface area contributed by atoms with Crippen LogP contribution in [0.4, 0.5) is 0 Å². The number of aryl methyl sites for hydroxylation is 3. The summed E-state index contributed by atoms with van der Waals surface area (Å²) < 4.78 is 1.99. The van der Waals surface area contributed by atoms with E-state index in [2.05, 4.69) is 111 Å². The van der Waals surface area contributed by atoms with Crippen LogP contribution in [0.15, 0.2) is 17.8 Å². The highest BCUT2D eigenvalue weighted by molar-refractivity contribution is 14.2. The number of thiocarbonyl (C=S) groups is 1. The Kier molecular flexibility index (Phi) is 52.1. The van der Waals surface area contributed by atoms with Gasteiger partial charge in [0.1, 0.15) is 6.29 Å². The number of halogens is 4. The van der Waals surface area contributed by atoms with Crippen LogP contribution in [0.3, 0.4) is 0 Å². The second kappa shape index (κ2) is 37.6. The highest BCUT2D eigenvalue weighted by Gasteiger charge is 1.86. The van der Waals surface area contributed by atoms with Gasteiger partial charge in [0.15, 0.2) is 0 Å². The summed E-state index contributed by atoms with van der Waals surface area (Å²) in [6.45, 7) is 16.0. The lowest BCUT2D eigenvalue weighted by molar-refractivity contribution is -0.105. The number of rotatable bonds is 1. The Balaban J connectivity index is -0.0000000842. The number of hydrogen-bond donors (Lipinski definition) is 1. The van der Waals surface area contributed by atoms with Crippen LogP contribution in [0, 0.1) is 20.8 Å². The number of aldehydes is 1. The molecular weight excluding hydrogens is 799 g/mol. The number of aromatic nitrogens is 2. The summed E-state index contributed by atoms with van der Waals surface area (Å²) in [5.41, 5.74) is 4.84. The monoisotopic (exact) mass is 833 g/mol. The highest BCUT2D eigenvalue weighted by Crippen LogP contribution is 2.07. The minimum atomic E-state index is 0.111. The Bertz CT molecular complexity index is 535. The van der Waals surface area contributed by atoms with Crippen molar-refractivity contribution in [2.75, 3.05) is 10.3 Å². The SMILES string of the molecule is CC.CC(I)I.CC(N)=S.CCI.Cc1cnc(C)s1.Cc1nccs1.O=CCCl. The molecule has 0 unspecified atom stereocenters. The molecule has 0 atom stereocenters. The second-order valence-electron chi connectivity index (χ2n) is 4.26. The minimum absolute atomic E-state index is 0.111. The summed E-state index contributed by atoms with van der Waals surface area (Å²) >= 11 is 19.5. The van der Waals surface area contributed by atoms with Gasteiger partial charge in [0.25, 0.3) is 0 Å². The minimum Gasteiger partial charge on any atom is -0.394 e. The first-order valence-electron chi connectivity index (χ1n) is 8.83. The number of alkyl halides is 4. The molecule has 0 radical (unpaired) electrons. The van der Waals surface area contributed by atoms with Crippen LogP contribution in [0.5, 0.6) is 0 Å². The van der Waals surface area contributed by atoms with Gasteiger partial charge in [0, 0.05) is 22.7 Å². The maximum Gasteiger partial charge on any atom is 0.134 e. The molecule has 2 rings (SSSR count). The molecule has 178 valence electrons. The number of carbonyl (C=O) groups is 1. The van der Waals surface area contributed by atoms with Gasteiger partial charge in [0.05, 0.1) is 22.8 Å². The normalized spacial score (nSPS) is 7.63. The van der Waals surface area contributed by atoms with Crippen molar-refractivity contribution in [2.24, 2.45) is 5.73 Å². The first-order valence-corrected chi connectivity index (χ1v) is 15.5. The quantitative estimate of drug-likeness (QED) is 0.135. The van der Waals surface area contributed by atoms with Crippen molar-refractivity contribution in [1.29, 1.82) is 0 Å². The molecule has 2 N–H and O–H groups in total.